The summed E-state index contributed by atoms with van der Waals surface area (Å²) in [7, 11) is 1.63. The van der Waals surface area contributed by atoms with E-state index in [9.17, 15) is 5.11 Å². The molecule has 2 N–H and O–H groups in total. The maximum absolute atomic E-state index is 9.85. The molecule has 1 aliphatic rings. The van der Waals surface area contributed by atoms with Crippen LogP contribution in [0.2, 0.25) is 0 Å². The minimum atomic E-state index is -0.491. The molecule has 108 valence electrons. The van der Waals surface area contributed by atoms with Crippen LogP contribution >= 0.6 is 0 Å². The lowest BCUT2D eigenvalue weighted by molar-refractivity contribution is -0.00716. The van der Waals surface area contributed by atoms with Crippen molar-refractivity contribution in [2.75, 3.05) is 33.4 Å². The summed E-state index contributed by atoms with van der Waals surface area (Å²) in [4.78, 5) is 6.34. The minimum absolute atomic E-state index is 0.0174. The van der Waals surface area contributed by atoms with E-state index in [1.54, 1.807) is 7.11 Å². The van der Waals surface area contributed by atoms with Gasteiger partial charge in [0.2, 0.25) is 5.89 Å². The second-order valence-electron chi connectivity index (χ2n) is 4.88. The number of piperidine rings is 1. The van der Waals surface area contributed by atoms with Crippen LogP contribution in [0.15, 0.2) is 4.52 Å². The Morgan fingerprint density at radius 1 is 1.53 bits per heavy atom. The maximum Gasteiger partial charge on any atom is 0.240 e. The zero-order valence-electron chi connectivity index (χ0n) is 11.2. The number of rotatable bonds is 6. The molecule has 2 atom stereocenters. The molecule has 2 rings (SSSR count). The van der Waals surface area contributed by atoms with Crippen LogP contribution in [0.5, 0.6) is 0 Å². The molecular formula is C12H21N3O4. The third-order valence-electron chi connectivity index (χ3n) is 3.44. The number of hydrogen-bond donors (Lipinski definition) is 2. The van der Waals surface area contributed by atoms with Crippen molar-refractivity contribution in [1.29, 1.82) is 0 Å². The van der Waals surface area contributed by atoms with Crippen LogP contribution in [0.3, 0.4) is 0 Å². The van der Waals surface area contributed by atoms with Gasteiger partial charge in [-0.2, -0.15) is 4.98 Å². The highest BCUT2D eigenvalue weighted by Gasteiger charge is 2.27. The molecule has 0 spiro atoms. The fourth-order valence-corrected chi connectivity index (χ4v) is 2.24. The molecule has 2 heterocycles. The molecule has 0 bridgehead atoms. The summed E-state index contributed by atoms with van der Waals surface area (Å²) in [5.74, 6) is 1.18. The number of ether oxygens (including phenoxy) is 1. The van der Waals surface area contributed by atoms with Crippen LogP contribution in [0, 0.1) is 5.92 Å². The van der Waals surface area contributed by atoms with Crippen molar-refractivity contribution in [3.05, 3.63) is 11.7 Å². The summed E-state index contributed by atoms with van der Waals surface area (Å²) in [5.41, 5.74) is 0. The SMILES string of the molecule is COCCc1noc(CN2CC[C@H](CO)[C@H](O)C2)n1. The molecule has 0 amide bonds. The first kappa shape index (κ1) is 14.4. The van der Waals surface area contributed by atoms with E-state index in [0.29, 0.717) is 37.8 Å². The van der Waals surface area contributed by atoms with Gasteiger partial charge in [-0.15, -0.1) is 0 Å². The van der Waals surface area contributed by atoms with Gasteiger partial charge < -0.3 is 19.5 Å². The van der Waals surface area contributed by atoms with E-state index in [1.165, 1.54) is 0 Å². The fraction of sp³-hybridized carbons (Fsp3) is 0.833. The van der Waals surface area contributed by atoms with Crippen molar-refractivity contribution in [2.24, 2.45) is 5.92 Å². The summed E-state index contributed by atoms with van der Waals surface area (Å²) in [6.07, 6.45) is 0.923. The Morgan fingerprint density at radius 3 is 3.05 bits per heavy atom. The molecule has 1 fully saturated rings. The van der Waals surface area contributed by atoms with E-state index >= 15 is 0 Å². The first-order chi connectivity index (χ1) is 9.22. The van der Waals surface area contributed by atoms with Crippen molar-refractivity contribution in [2.45, 2.75) is 25.5 Å². The lowest BCUT2D eigenvalue weighted by Crippen LogP contribution is -2.44. The first-order valence-electron chi connectivity index (χ1n) is 6.54. The molecule has 0 aromatic carbocycles. The van der Waals surface area contributed by atoms with Crippen LogP contribution in [-0.2, 0) is 17.7 Å². The van der Waals surface area contributed by atoms with E-state index in [4.69, 9.17) is 14.4 Å². The Kier molecular flexibility index (Phi) is 5.26. The third kappa shape index (κ3) is 3.97. The molecule has 1 aliphatic heterocycles. The van der Waals surface area contributed by atoms with Gasteiger partial charge in [0.25, 0.3) is 0 Å². The van der Waals surface area contributed by atoms with Crippen LogP contribution in [-0.4, -0.2) is 64.8 Å². The molecule has 0 radical (unpaired) electrons. The summed E-state index contributed by atoms with van der Waals surface area (Å²) in [6.45, 7) is 2.49. The predicted molar refractivity (Wildman–Crippen MR) is 66.4 cm³/mol. The predicted octanol–water partition coefficient (Wildman–Crippen LogP) is -0.566. The van der Waals surface area contributed by atoms with Crippen LogP contribution in [0.4, 0.5) is 0 Å². The van der Waals surface area contributed by atoms with Gasteiger partial charge in [0, 0.05) is 32.6 Å². The van der Waals surface area contributed by atoms with Crippen molar-refractivity contribution in [1.82, 2.24) is 15.0 Å². The molecule has 19 heavy (non-hydrogen) atoms. The number of hydrogen-bond acceptors (Lipinski definition) is 7. The van der Waals surface area contributed by atoms with Gasteiger partial charge in [-0.05, 0) is 13.0 Å². The van der Waals surface area contributed by atoms with Crippen LogP contribution < -0.4 is 0 Å². The Labute approximate surface area is 112 Å². The van der Waals surface area contributed by atoms with Gasteiger partial charge in [-0.25, -0.2) is 0 Å². The number of aliphatic hydroxyl groups is 2. The van der Waals surface area contributed by atoms with Crippen molar-refractivity contribution < 1.29 is 19.5 Å². The van der Waals surface area contributed by atoms with Crippen molar-refractivity contribution in [3.63, 3.8) is 0 Å². The number of methoxy groups -OCH3 is 1. The van der Waals surface area contributed by atoms with Gasteiger partial charge >= 0.3 is 0 Å². The first-order valence-corrected chi connectivity index (χ1v) is 6.54. The average molecular weight is 271 g/mol. The normalized spacial score (nSPS) is 24.8. The molecular weight excluding hydrogens is 250 g/mol. The highest BCUT2D eigenvalue weighted by molar-refractivity contribution is 4.88. The third-order valence-corrected chi connectivity index (χ3v) is 3.44. The molecule has 1 aromatic heterocycles. The molecule has 7 nitrogen and oxygen atoms in total. The molecule has 1 aromatic rings. The Hall–Kier alpha value is -1.02. The van der Waals surface area contributed by atoms with Crippen molar-refractivity contribution >= 4 is 0 Å². The van der Waals surface area contributed by atoms with E-state index in [1.807, 2.05) is 0 Å². The van der Waals surface area contributed by atoms with E-state index in [0.717, 1.165) is 13.0 Å². The zero-order valence-corrected chi connectivity index (χ0v) is 11.2. The Bertz CT molecular complexity index is 385. The zero-order chi connectivity index (χ0) is 13.7. The van der Waals surface area contributed by atoms with Gasteiger partial charge in [0.05, 0.1) is 19.3 Å². The summed E-state index contributed by atoms with van der Waals surface area (Å²) in [6, 6.07) is 0. The van der Waals surface area contributed by atoms with Crippen LogP contribution in [0.1, 0.15) is 18.1 Å². The van der Waals surface area contributed by atoms with Crippen LogP contribution in [0.25, 0.3) is 0 Å². The quantitative estimate of drug-likeness (QED) is 0.716. The van der Waals surface area contributed by atoms with Gasteiger partial charge in [0.1, 0.15) is 0 Å². The summed E-state index contributed by atoms with van der Waals surface area (Å²) >= 11 is 0. The lowest BCUT2D eigenvalue weighted by Gasteiger charge is -2.34. The lowest BCUT2D eigenvalue weighted by atomic mass is 9.95. The van der Waals surface area contributed by atoms with Crippen molar-refractivity contribution in [3.8, 4) is 0 Å². The largest absolute Gasteiger partial charge is 0.396 e. The van der Waals surface area contributed by atoms with E-state index in [-0.39, 0.29) is 12.5 Å². The topological polar surface area (TPSA) is 91.9 Å². The molecule has 0 saturated carbocycles. The monoisotopic (exact) mass is 271 g/mol. The maximum atomic E-state index is 9.85. The average Bonchev–Trinajstić information content (AvgIpc) is 2.84. The summed E-state index contributed by atoms with van der Waals surface area (Å²) in [5, 5.41) is 22.8. The number of likely N-dealkylation sites (tertiary alicyclic amines) is 1. The smallest absolute Gasteiger partial charge is 0.240 e. The second-order valence-corrected chi connectivity index (χ2v) is 4.88. The summed E-state index contributed by atoms with van der Waals surface area (Å²) < 4.78 is 10.1. The van der Waals surface area contributed by atoms with E-state index in [2.05, 4.69) is 15.0 Å². The standard InChI is InChI=1S/C12H21N3O4/c1-18-5-3-11-13-12(19-14-11)7-15-4-2-9(8-16)10(17)6-15/h9-10,16-17H,2-8H2,1H3/t9-,10-/m1/s1. The number of aliphatic hydroxyl groups excluding tert-OH is 2. The fourth-order valence-electron chi connectivity index (χ4n) is 2.24. The second kappa shape index (κ2) is 6.95. The Balaban J connectivity index is 1.83. The highest BCUT2D eigenvalue weighted by Crippen LogP contribution is 2.18. The Morgan fingerprint density at radius 2 is 2.37 bits per heavy atom. The number of β-amino-alcohol motifs (C(OH)–C–C–N with tert-alkyl or cyclic N) is 1. The molecule has 0 unspecified atom stereocenters. The van der Waals surface area contributed by atoms with Gasteiger partial charge in [-0.3, -0.25) is 4.90 Å². The highest BCUT2D eigenvalue weighted by atomic mass is 16.5. The van der Waals surface area contributed by atoms with Gasteiger partial charge in [-0.1, -0.05) is 5.16 Å². The molecule has 7 heteroatoms. The number of aromatic nitrogens is 2. The molecule has 0 aliphatic carbocycles. The molecule has 1 saturated heterocycles. The van der Waals surface area contributed by atoms with Gasteiger partial charge in [0.15, 0.2) is 5.82 Å². The minimum Gasteiger partial charge on any atom is -0.396 e. The van der Waals surface area contributed by atoms with E-state index < -0.39 is 6.10 Å². The number of nitrogens with zero attached hydrogens (tertiary/aromatic N) is 3.